The standard InChI is InChI=1S/C30H24N8O2/c39-29(23-9-11-31-27(35-23)25-17-19-5-1-3-7-21(19)33-25)37-13-15-38(16-14-37)30(40)24-10-12-32-28(36-24)26-18-20-6-2-4-8-22(20)34-26/h1-12H,13-18H2. The summed E-state index contributed by atoms with van der Waals surface area (Å²) in [6.45, 7) is 1.60. The van der Waals surface area contributed by atoms with E-state index in [1.165, 1.54) is 0 Å². The Bertz CT molecular complexity index is 1600. The van der Waals surface area contributed by atoms with Gasteiger partial charge in [0.2, 0.25) is 0 Å². The molecule has 196 valence electrons. The molecule has 0 N–H and O–H groups in total. The van der Waals surface area contributed by atoms with E-state index >= 15 is 0 Å². The first-order valence-electron chi connectivity index (χ1n) is 13.2. The Morgan fingerprint density at radius 2 is 1.00 bits per heavy atom. The third-order valence-corrected chi connectivity index (χ3v) is 7.33. The lowest BCUT2D eigenvalue weighted by Crippen LogP contribution is -2.51. The molecule has 7 rings (SSSR count). The molecule has 0 saturated carbocycles. The second-order valence-electron chi connectivity index (χ2n) is 9.84. The lowest BCUT2D eigenvalue weighted by molar-refractivity contribution is 0.0529. The molecule has 0 atom stereocenters. The molecular formula is C30H24N8O2. The third kappa shape index (κ3) is 4.43. The summed E-state index contributed by atoms with van der Waals surface area (Å²) in [4.78, 5) is 57.1. The highest BCUT2D eigenvalue weighted by atomic mass is 16.2. The van der Waals surface area contributed by atoms with Crippen LogP contribution in [-0.2, 0) is 12.8 Å². The number of benzene rings is 2. The van der Waals surface area contributed by atoms with E-state index < -0.39 is 0 Å². The number of fused-ring (bicyclic) bond motifs is 2. The van der Waals surface area contributed by atoms with Crippen LogP contribution in [0.5, 0.6) is 0 Å². The number of hydrogen-bond acceptors (Lipinski definition) is 8. The van der Waals surface area contributed by atoms with Crippen molar-refractivity contribution >= 4 is 34.6 Å². The van der Waals surface area contributed by atoms with Gasteiger partial charge in [-0.15, -0.1) is 0 Å². The van der Waals surface area contributed by atoms with Crippen LogP contribution in [0.3, 0.4) is 0 Å². The minimum atomic E-state index is -0.185. The first kappa shape index (κ1) is 24.0. The Hall–Kier alpha value is -5.12. The maximum absolute atomic E-state index is 13.3. The van der Waals surface area contributed by atoms with Crippen molar-refractivity contribution in [1.29, 1.82) is 0 Å². The molecule has 40 heavy (non-hydrogen) atoms. The van der Waals surface area contributed by atoms with E-state index in [1.54, 1.807) is 34.3 Å². The van der Waals surface area contributed by atoms with Gasteiger partial charge in [0.25, 0.3) is 11.8 Å². The number of amides is 2. The molecule has 0 radical (unpaired) electrons. The van der Waals surface area contributed by atoms with E-state index in [1.807, 2.05) is 48.5 Å². The van der Waals surface area contributed by atoms with Gasteiger partial charge in [0.05, 0.1) is 22.8 Å². The molecule has 5 heterocycles. The van der Waals surface area contributed by atoms with Gasteiger partial charge in [-0.1, -0.05) is 36.4 Å². The highest BCUT2D eigenvalue weighted by Gasteiger charge is 2.28. The first-order valence-corrected chi connectivity index (χ1v) is 13.2. The summed E-state index contributed by atoms with van der Waals surface area (Å²) < 4.78 is 0. The van der Waals surface area contributed by atoms with Gasteiger partial charge in [-0.2, -0.15) is 0 Å². The molecule has 0 bridgehead atoms. The molecule has 1 saturated heterocycles. The fraction of sp³-hybridized carbons (Fsp3) is 0.200. The molecule has 3 aliphatic heterocycles. The summed E-state index contributed by atoms with van der Waals surface area (Å²) >= 11 is 0. The van der Waals surface area contributed by atoms with Crippen molar-refractivity contribution in [3.63, 3.8) is 0 Å². The molecule has 2 aromatic heterocycles. The molecule has 0 spiro atoms. The summed E-state index contributed by atoms with van der Waals surface area (Å²) in [6.07, 6.45) is 4.47. The zero-order valence-electron chi connectivity index (χ0n) is 21.6. The molecule has 0 unspecified atom stereocenters. The molecule has 3 aliphatic rings. The van der Waals surface area contributed by atoms with Crippen LogP contribution >= 0.6 is 0 Å². The van der Waals surface area contributed by atoms with Crippen molar-refractivity contribution < 1.29 is 9.59 Å². The van der Waals surface area contributed by atoms with Crippen LogP contribution in [0.25, 0.3) is 0 Å². The van der Waals surface area contributed by atoms with E-state index in [4.69, 9.17) is 0 Å². The molecule has 1 fully saturated rings. The number of nitrogens with zero attached hydrogens (tertiary/aromatic N) is 8. The summed E-state index contributed by atoms with van der Waals surface area (Å²) in [5.74, 6) is 0.556. The Kier molecular flexibility index (Phi) is 5.92. The fourth-order valence-corrected chi connectivity index (χ4v) is 5.20. The van der Waals surface area contributed by atoms with Gasteiger partial charge in [-0.05, 0) is 35.4 Å². The lowest BCUT2D eigenvalue weighted by Gasteiger charge is -2.34. The number of aliphatic imine (C=N–C) groups is 2. The van der Waals surface area contributed by atoms with Crippen LogP contribution in [0.2, 0.25) is 0 Å². The number of carbonyl (C=O) groups is 2. The van der Waals surface area contributed by atoms with E-state index in [-0.39, 0.29) is 11.8 Å². The second kappa shape index (κ2) is 9.88. The van der Waals surface area contributed by atoms with Crippen molar-refractivity contribution in [2.45, 2.75) is 12.8 Å². The van der Waals surface area contributed by atoms with Crippen LogP contribution in [0.4, 0.5) is 11.4 Å². The van der Waals surface area contributed by atoms with Crippen molar-refractivity contribution in [3.8, 4) is 0 Å². The quantitative estimate of drug-likeness (QED) is 0.402. The number of rotatable bonds is 4. The molecular weight excluding hydrogens is 504 g/mol. The predicted octanol–water partition coefficient (Wildman–Crippen LogP) is 3.22. The highest BCUT2D eigenvalue weighted by molar-refractivity contribution is 6.05. The molecule has 10 nitrogen and oxygen atoms in total. The van der Waals surface area contributed by atoms with Gasteiger partial charge in [0.15, 0.2) is 11.6 Å². The summed E-state index contributed by atoms with van der Waals surface area (Å²) in [5, 5.41) is 0. The van der Waals surface area contributed by atoms with Crippen LogP contribution in [0.15, 0.2) is 83.0 Å². The first-order chi connectivity index (χ1) is 19.6. The predicted molar refractivity (Wildman–Crippen MR) is 149 cm³/mol. The lowest BCUT2D eigenvalue weighted by atomic mass is 10.1. The number of hydrogen-bond donors (Lipinski definition) is 0. The second-order valence-corrected chi connectivity index (χ2v) is 9.84. The van der Waals surface area contributed by atoms with Crippen molar-refractivity contribution in [3.05, 3.63) is 107 Å². The number of aromatic nitrogens is 4. The van der Waals surface area contributed by atoms with E-state index in [0.29, 0.717) is 62.1 Å². The van der Waals surface area contributed by atoms with Gasteiger partial charge in [-0.3, -0.25) is 9.59 Å². The average Bonchev–Trinajstić information content (AvgIpc) is 3.65. The van der Waals surface area contributed by atoms with Crippen LogP contribution in [0, 0.1) is 0 Å². The third-order valence-electron chi connectivity index (χ3n) is 7.33. The van der Waals surface area contributed by atoms with Gasteiger partial charge in [0, 0.05) is 51.4 Å². The Morgan fingerprint density at radius 1 is 0.575 bits per heavy atom. The normalized spacial score (nSPS) is 15.8. The topological polar surface area (TPSA) is 117 Å². The minimum Gasteiger partial charge on any atom is -0.334 e. The van der Waals surface area contributed by atoms with Crippen molar-refractivity contribution in [2.75, 3.05) is 26.2 Å². The molecule has 4 aromatic rings. The molecule has 2 amide bonds. The largest absolute Gasteiger partial charge is 0.334 e. The number of carbonyl (C=O) groups excluding carboxylic acids is 2. The van der Waals surface area contributed by atoms with Crippen molar-refractivity contribution in [1.82, 2.24) is 29.7 Å². The van der Waals surface area contributed by atoms with Crippen molar-refractivity contribution in [2.24, 2.45) is 9.98 Å². The summed E-state index contributed by atoms with van der Waals surface area (Å²) in [7, 11) is 0. The van der Waals surface area contributed by atoms with Crippen LogP contribution < -0.4 is 0 Å². The van der Waals surface area contributed by atoms with Gasteiger partial charge < -0.3 is 9.80 Å². The Balaban J connectivity index is 1.00. The van der Waals surface area contributed by atoms with Crippen LogP contribution in [-0.4, -0.2) is 79.2 Å². The molecule has 10 heteroatoms. The number of para-hydroxylation sites is 2. The Morgan fingerprint density at radius 3 is 1.43 bits per heavy atom. The number of piperazine rings is 1. The maximum atomic E-state index is 13.3. The van der Waals surface area contributed by atoms with Gasteiger partial charge in [0.1, 0.15) is 11.4 Å². The zero-order valence-corrected chi connectivity index (χ0v) is 21.6. The highest BCUT2D eigenvalue weighted by Crippen LogP contribution is 2.28. The van der Waals surface area contributed by atoms with E-state index in [2.05, 4.69) is 29.9 Å². The smallest absolute Gasteiger partial charge is 0.272 e. The summed E-state index contributed by atoms with van der Waals surface area (Å²) in [5.41, 5.74) is 6.22. The molecule has 2 aromatic carbocycles. The van der Waals surface area contributed by atoms with E-state index in [0.717, 1.165) is 33.9 Å². The fourth-order valence-electron chi connectivity index (χ4n) is 5.20. The van der Waals surface area contributed by atoms with E-state index in [9.17, 15) is 9.59 Å². The SMILES string of the molecule is O=C(c1ccnc(C2=Nc3ccccc3C2)n1)N1CCN(C(=O)c2ccnc(C3=Nc4ccccc4C3)n2)CC1. The average molecular weight is 529 g/mol. The van der Waals surface area contributed by atoms with Gasteiger partial charge >= 0.3 is 0 Å². The Labute approximate surface area is 230 Å². The van der Waals surface area contributed by atoms with Gasteiger partial charge in [-0.25, -0.2) is 29.9 Å². The molecule has 0 aliphatic carbocycles. The minimum absolute atomic E-state index is 0.185. The maximum Gasteiger partial charge on any atom is 0.272 e. The zero-order chi connectivity index (χ0) is 27.1. The monoisotopic (exact) mass is 528 g/mol. The summed E-state index contributed by atoms with van der Waals surface area (Å²) in [6, 6.07) is 19.1. The van der Waals surface area contributed by atoms with Crippen LogP contribution in [0.1, 0.15) is 43.8 Å².